The van der Waals surface area contributed by atoms with Crippen LogP contribution < -0.4 is 15.5 Å². The van der Waals surface area contributed by atoms with Crippen LogP contribution in [-0.2, 0) is 4.79 Å². The summed E-state index contributed by atoms with van der Waals surface area (Å²) in [5.74, 6) is 0.846. The average Bonchev–Trinajstić information content (AvgIpc) is 3.38. The first-order valence-corrected chi connectivity index (χ1v) is 9.48. The monoisotopic (exact) mass is 392 g/mol. The standard InChI is InChI=1S/C19H20N8O2/c1-10-7-26-9-15(24-11(2)17(26)23-10)25-18(28)14-5-22-16(6-21-14)27-8-12-3-20-4-13(12)19(27)29/h5-7,9,12-13,20H,3-4,8H2,1-2H3,(H,25,28). The molecule has 0 aromatic carbocycles. The van der Waals surface area contributed by atoms with Gasteiger partial charge in [-0.05, 0) is 13.8 Å². The van der Waals surface area contributed by atoms with E-state index in [2.05, 4.69) is 30.6 Å². The number of anilines is 2. The Morgan fingerprint density at radius 3 is 2.79 bits per heavy atom. The summed E-state index contributed by atoms with van der Waals surface area (Å²) in [6.07, 6.45) is 6.43. The highest BCUT2D eigenvalue weighted by Gasteiger charge is 2.44. The van der Waals surface area contributed by atoms with Gasteiger partial charge < -0.3 is 15.0 Å². The zero-order valence-electron chi connectivity index (χ0n) is 16.1. The quantitative estimate of drug-likeness (QED) is 0.669. The highest BCUT2D eigenvalue weighted by atomic mass is 16.2. The van der Waals surface area contributed by atoms with E-state index in [0.29, 0.717) is 36.3 Å². The average molecular weight is 392 g/mol. The molecule has 2 unspecified atom stereocenters. The lowest BCUT2D eigenvalue weighted by Crippen LogP contribution is -2.31. The predicted molar refractivity (Wildman–Crippen MR) is 105 cm³/mol. The second-order valence-electron chi connectivity index (χ2n) is 7.51. The van der Waals surface area contributed by atoms with E-state index >= 15 is 0 Å². The van der Waals surface area contributed by atoms with E-state index < -0.39 is 5.91 Å². The van der Waals surface area contributed by atoms with Crippen molar-refractivity contribution in [3.8, 4) is 0 Å². The molecule has 29 heavy (non-hydrogen) atoms. The molecule has 2 amide bonds. The fraction of sp³-hybridized carbons (Fsp3) is 0.368. The molecule has 3 aromatic rings. The Bertz CT molecular complexity index is 1120. The second-order valence-corrected chi connectivity index (χ2v) is 7.51. The number of imidazole rings is 1. The SMILES string of the molecule is Cc1cn2cc(NC(=O)c3cnc(N4CC5CNCC5C4=O)cn3)nc(C)c2n1. The summed E-state index contributed by atoms with van der Waals surface area (Å²) >= 11 is 0. The summed E-state index contributed by atoms with van der Waals surface area (Å²) in [6, 6.07) is 0. The molecule has 0 aliphatic carbocycles. The van der Waals surface area contributed by atoms with Crippen molar-refractivity contribution in [1.29, 1.82) is 0 Å². The van der Waals surface area contributed by atoms with Crippen molar-refractivity contribution < 1.29 is 9.59 Å². The maximum Gasteiger partial charge on any atom is 0.277 e. The summed E-state index contributed by atoms with van der Waals surface area (Å²) < 4.78 is 1.83. The van der Waals surface area contributed by atoms with Gasteiger partial charge in [-0.3, -0.25) is 14.5 Å². The molecule has 3 aromatic heterocycles. The minimum absolute atomic E-state index is 0.0100. The summed E-state index contributed by atoms with van der Waals surface area (Å²) in [6.45, 7) is 5.92. The van der Waals surface area contributed by atoms with Gasteiger partial charge in [-0.1, -0.05) is 0 Å². The van der Waals surface area contributed by atoms with Crippen LogP contribution in [0.4, 0.5) is 11.6 Å². The number of fused-ring (bicyclic) bond motifs is 2. The number of amides is 2. The van der Waals surface area contributed by atoms with Gasteiger partial charge in [-0.2, -0.15) is 0 Å². The first-order chi connectivity index (χ1) is 14.0. The largest absolute Gasteiger partial charge is 0.316 e. The zero-order chi connectivity index (χ0) is 20.1. The molecule has 2 saturated heterocycles. The van der Waals surface area contributed by atoms with Crippen molar-refractivity contribution in [1.82, 2.24) is 29.7 Å². The lowest BCUT2D eigenvalue weighted by atomic mass is 10.0. The number of aryl methyl sites for hydroxylation is 2. The van der Waals surface area contributed by atoms with Gasteiger partial charge in [0.2, 0.25) is 5.91 Å². The number of hydrogen-bond acceptors (Lipinski definition) is 7. The van der Waals surface area contributed by atoms with Crippen LogP contribution in [0.15, 0.2) is 24.8 Å². The minimum Gasteiger partial charge on any atom is -0.316 e. The van der Waals surface area contributed by atoms with E-state index in [9.17, 15) is 9.59 Å². The Labute approximate surface area is 166 Å². The molecule has 0 saturated carbocycles. The molecule has 148 valence electrons. The molecule has 5 rings (SSSR count). The lowest BCUT2D eigenvalue weighted by Gasteiger charge is -2.16. The molecule has 2 fully saturated rings. The van der Waals surface area contributed by atoms with E-state index in [1.165, 1.54) is 12.4 Å². The number of carbonyl (C=O) groups is 2. The molecule has 10 heteroatoms. The van der Waals surface area contributed by atoms with E-state index in [1.807, 2.05) is 24.4 Å². The molecule has 2 N–H and O–H groups in total. The van der Waals surface area contributed by atoms with Crippen LogP contribution in [0.25, 0.3) is 5.65 Å². The Kier molecular flexibility index (Phi) is 4.02. The predicted octanol–water partition coefficient (Wildman–Crippen LogP) is 0.571. The fourth-order valence-electron chi connectivity index (χ4n) is 4.04. The van der Waals surface area contributed by atoms with Crippen LogP contribution in [0.5, 0.6) is 0 Å². The third-order valence-corrected chi connectivity index (χ3v) is 5.45. The van der Waals surface area contributed by atoms with Crippen LogP contribution in [0.1, 0.15) is 21.9 Å². The van der Waals surface area contributed by atoms with Gasteiger partial charge >= 0.3 is 0 Å². The van der Waals surface area contributed by atoms with Gasteiger partial charge in [0.05, 0.1) is 35.9 Å². The first kappa shape index (κ1) is 17.7. The van der Waals surface area contributed by atoms with Crippen molar-refractivity contribution in [2.45, 2.75) is 13.8 Å². The lowest BCUT2D eigenvalue weighted by molar-refractivity contribution is -0.120. The van der Waals surface area contributed by atoms with Crippen LogP contribution in [0, 0.1) is 25.7 Å². The number of nitrogens with zero attached hydrogens (tertiary/aromatic N) is 6. The van der Waals surface area contributed by atoms with Gasteiger partial charge in [0, 0.05) is 31.7 Å². The number of nitrogens with one attached hydrogen (secondary N) is 2. The molecule has 2 atom stereocenters. The fourth-order valence-corrected chi connectivity index (χ4v) is 4.04. The van der Waals surface area contributed by atoms with Gasteiger partial charge in [-0.25, -0.2) is 19.9 Å². The van der Waals surface area contributed by atoms with Crippen molar-refractivity contribution >= 4 is 29.1 Å². The Morgan fingerprint density at radius 2 is 2.03 bits per heavy atom. The van der Waals surface area contributed by atoms with Gasteiger partial charge in [-0.15, -0.1) is 0 Å². The first-order valence-electron chi connectivity index (χ1n) is 9.48. The van der Waals surface area contributed by atoms with Crippen LogP contribution in [0.2, 0.25) is 0 Å². The van der Waals surface area contributed by atoms with Gasteiger partial charge in [0.25, 0.3) is 5.91 Å². The smallest absolute Gasteiger partial charge is 0.277 e. The number of carbonyl (C=O) groups excluding carboxylic acids is 2. The van der Waals surface area contributed by atoms with Crippen molar-refractivity contribution in [2.24, 2.45) is 11.8 Å². The summed E-state index contributed by atoms with van der Waals surface area (Å²) in [5, 5.41) is 5.98. The number of rotatable bonds is 3. The van der Waals surface area contributed by atoms with Crippen LogP contribution in [-0.4, -0.2) is 55.8 Å². The molecule has 2 aliphatic heterocycles. The van der Waals surface area contributed by atoms with Gasteiger partial charge in [0.1, 0.15) is 11.5 Å². The third kappa shape index (κ3) is 3.01. The number of aromatic nitrogens is 5. The summed E-state index contributed by atoms with van der Waals surface area (Å²) in [7, 11) is 0. The molecule has 5 heterocycles. The second kappa shape index (κ2) is 6.59. The topological polar surface area (TPSA) is 117 Å². The van der Waals surface area contributed by atoms with E-state index in [4.69, 9.17) is 0 Å². The highest BCUT2D eigenvalue weighted by molar-refractivity contribution is 6.02. The molecular formula is C19H20N8O2. The zero-order valence-corrected chi connectivity index (χ0v) is 16.1. The molecule has 2 aliphatic rings. The molecule has 0 spiro atoms. The van der Waals surface area contributed by atoms with Crippen molar-refractivity contribution in [2.75, 3.05) is 29.9 Å². The normalized spacial score (nSPS) is 21.0. The Balaban J connectivity index is 1.33. The number of hydrogen-bond donors (Lipinski definition) is 2. The van der Waals surface area contributed by atoms with Crippen LogP contribution in [0.3, 0.4) is 0 Å². The molecule has 0 bridgehead atoms. The van der Waals surface area contributed by atoms with Gasteiger partial charge in [0.15, 0.2) is 11.5 Å². The van der Waals surface area contributed by atoms with E-state index in [1.54, 1.807) is 11.1 Å². The van der Waals surface area contributed by atoms with Crippen molar-refractivity contribution in [3.05, 3.63) is 41.9 Å². The van der Waals surface area contributed by atoms with Crippen molar-refractivity contribution in [3.63, 3.8) is 0 Å². The highest BCUT2D eigenvalue weighted by Crippen LogP contribution is 2.30. The maximum atomic E-state index is 12.6. The van der Waals surface area contributed by atoms with Crippen LogP contribution >= 0.6 is 0 Å². The van der Waals surface area contributed by atoms with E-state index in [0.717, 1.165) is 17.9 Å². The molecule has 10 nitrogen and oxygen atoms in total. The summed E-state index contributed by atoms with van der Waals surface area (Å²) in [5.41, 5.74) is 2.49. The third-order valence-electron chi connectivity index (χ3n) is 5.45. The molecular weight excluding hydrogens is 372 g/mol. The van der Waals surface area contributed by atoms with E-state index in [-0.39, 0.29) is 17.5 Å². The Morgan fingerprint density at radius 1 is 1.17 bits per heavy atom. The minimum atomic E-state index is -0.416. The Hall–Kier alpha value is -3.40. The maximum absolute atomic E-state index is 12.6. The summed E-state index contributed by atoms with van der Waals surface area (Å²) in [4.78, 5) is 44.0. The molecule has 0 radical (unpaired) electrons.